The Morgan fingerprint density at radius 1 is 0.960 bits per heavy atom. The average Bonchev–Trinajstić information content (AvgIpc) is 2.67. The molecule has 132 valence electrons. The summed E-state index contributed by atoms with van der Waals surface area (Å²) in [6, 6.07) is 16.9. The molecule has 0 aliphatic rings. The van der Waals surface area contributed by atoms with Crippen molar-refractivity contribution in [1.82, 2.24) is 4.90 Å². The van der Waals surface area contributed by atoms with E-state index >= 15 is 0 Å². The van der Waals surface area contributed by atoms with Gasteiger partial charge in [-0.15, -0.1) is 11.8 Å². The molecule has 0 fully saturated rings. The quantitative estimate of drug-likeness (QED) is 0.473. The van der Waals surface area contributed by atoms with Crippen LogP contribution in [0.15, 0.2) is 59.5 Å². The third-order valence-corrected chi connectivity index (χ3v) is 4.99. The zero-order valence-corrected chi connectivity index (χ0v) is 15.7. The van der Waals surface area contributed by atoms with Crippen LogP contribution in [-0.2, 0) is 0 Å². The van der Waals surface area contributed by atoms with Crippen molar-refractivity contribution in [3.63, 3.8) is 0 Å². The molecule has 2 aromatic rings. The van der Waals surface area contributed by atoms with Gasteiger partial charge in [-0.2, -0.15) is 0 Å². The van der Waals surface area contributed by atoms with E-state index < -0.39 is 0 Å². The number of hydrogen-bond acceptors (Lipinski definition) is 3. The van der Waals surface area contributed by atoms with Crippen LogP contribution in [-0.4, -0.2) is 35.4 Å². The lowest BCUT2D eigenvalue weighted by molar-refractivity contribution is 0.0762. The maximum absolute atomic E-state index is 12.6. The minimum Gasteiger partial charge on any atom is -0.339 e. The molecule has 0 heterocycles. The van der Waals surface area contributed by atoms with Crippen LogP contribution in [0.25, 0.3) is 0 Å². The van der Waals surface area contributed by atoms with Gasteiger partial charge in [0.2, 0.25) is 0 Å². The molecule has 2 aromatic carbocycles. The van der Waals surface area contributed by atoms with Crippen LogP contribution in [0.4, 0.5) is 0 Å². The van der Waals surface area contributed by atoms with Crippen LogP contribution in [0, 0.1) is 0 Å². The number of thioether (sulfide) groups is 1. The van der Waals surface area contributed by atoms with Gasteiger partial charge in [-0.1, -0.05) is 49.7 Å². The molecule has 0 aliphatic heterocycles. The summed E-state index contributed by atoms with van der Waals surface area (Å²) in [6.07, 6.45) is 2.08. The largest absolute Gasteiger partial charge is 0.339 e. The Balaban J connectivity index is 2.00. The predicted molar refractivity (Wildman–Crippen MR) is 104 cm³/mol. The first-order chi connectivity index (χ1) is 12.2. The molecule has 25 heavy (non-hydrogen) atoms. The van der Waals surface area contributed by atoms with Crippen LogP contribution in [0.2, 0.25) is 0 Å². The molecule has 0 saturated heterocycles. The van der Waals surface area contributed by atoms with Crippen LogP contribution in [0.1, 0.15) is 47.4 Å². The van der Waals surface area contributed by atoms with E-state index in [0.29, 0.717) is 17.9 Å². The van der Waals surface area contributed by atoms with Gasteiger partial charge in [0.05, 0.1) is 5.75 Å². The number of unbranched alkanes of at least 4 members (excludes halogenated alkanes) is 1. The van der Waals surface area contributed by atoms with Crippen LogP contribution in [0.5, 0.6) is 0 Å². The Morgan fingerprint density at radius 3 is 2.36 bits per heavy atom. The highest BCUT2D eigenvalue weighted by atomic mass is 32.2. The van der Waals surface area contributed by atoms with Crippen molar-refractivity contribution in [2.24, 2.45) is 0 Å². The third-order valence-electron chi connectivity index (χ3n) is 4.00. The summed E-state index contributed by atoms with van der Waals surface area (Å²) in [6.45, 7) is 5.63. The van der Waals surface area contributed by atoms with Gasteiger partial charge in [0.25, 0.3) is 5.91 Å². The number of carbonyl (C=O) groups is 2. The Labute approximate surface area is 154 Å². The Kier molecular flexibility index (Phi) is 7.74. The number of hydrogen-bond donors (Lipinski definition) is 0. The summed E-state index contributed by atoms with van der Waals surface area (Å²) in [5.74, 6) is 0.530. The molecule has 0 N–H and O–H groups in total. The van der Waals surface area contributed by atoms with Crippen molar-refractivity contribution in [2.45, 2.75) is 31.6 Å². The molecule has 4 heteroatoms. The topological polar surface area (TPSA) is 37.4 Å². The SMILES string of the molecule is CCCCN(CC)C(=O)c1cccc(SCC(=O)c2ccccc2)c1. The van der Waals surface area contributed by atoms with Crippen molar-refractivity contribution in [1.29, 1.82) is 0 Å². The van der Waals surface area contributed by atoms with Crippen molar-refractivity contribution in [3.8, 4) is 0 Å². The molecule has 0 bridgehead atoms. The van der Waals surface area contributed by atoms with E-state index in [1.54, 1.807) is 0 Å². The summed E-state index contributed by atoms with van der Waals surface area (Å²) < 4.78 is 0. The lowest BCUT2D eigenvalue weighted by Crippen LogP contribution is -2.31. The van der Waals surface area contributed by atoms with Gasteiger partial charge >= 0.3 is 0 Å². The van der Waals surface area contributed by atoms with Gasteiger partial charge in [0, 0.05) is 29.1 Å². The molecular formula is C21H25NO2S. The fourth-order valence-electron chi connectivity index (χ4n) is 2.51. The number of amides is 1. The summed E-state index contributed by atoms with van der Waals surface area (Å²) in [5.41, 5.74) is 1.41. The van der Waals surface area contributed by atoms with E-state index in [1.807, 2.05) is 66.4 Å². The standard InChI is InChI=1S/C21H25NO2S/c1-3-5-14-22(4-2)21(24)18-12-9-13-19(15-18)25-16-20(23)17-10-7-6-8-11-17/h6-13,15H,3-5,14,16H2,1-2H3. The molecule has 0 unspecified atom stereocenters. The Hall–Kier alpha value is -2.07. The normalized spacial score (nSPS) is 10.5. The molecule has 0 aromatic heterocycles. The summed E-state index contributed by atoms with van der Waals surface area (Å²) in [4.78, 5) is 27.7. The molecule has 0 atom stereocenters. The first-order valence-corrected chi connectivity index (χ1v) is 9.74. The molecule has 0 radical (unpaired) electrons. The second-order valence-electron chi connectivity index (χ2n) is 5.84. The number of ketones is 1. The van der Waals surface area contributed by atoms with Crippen molar-refractivity contribution < 1.29 is 9.59 Å². The average molecular weight is 356 g/mol. The molecule has 0 aliphatic carbocycles. The molecule has 3 nitrogen and oxygen atoms in total. The highest BCUT2D eigenvalue weighted by Crippen LogP contribution is 2.21. The maximum atomic E-state index is 12.6. The zero-order valence-electron chi connectivity index (χ0n) is 14.9. The minimum atomic E-state index is 0.0628. The summed E-state index contributed by atoms with van der Waals surface area (Å²) in [7, 11) is 0. The number of carbonyl (C=O) groups excluding carboxylic acids is 2. The van der Waals surface area contributed by atoms with E-state index in [-0.39, 0.29) is 11.7 Å². The second kappa shape index (κ2) is 10.0. The highest BCUT2D eigenvalue weighted by molar-refractivity contribution is 8.00. The van der Waals surface area contributed by atoms with E-state index in [4.69, 9.17) is 0 Å². The Morgan fingerprint density at radius 2 is 1.68 bits per heavy atom. The predicted octanol–water partition coefficient (Wildman–Crippen LogP) is 4.92. The van der Waals surface area contributed by atoms with Gasteiger partial charge in [-0.3, -0.25) is 9.59 Å². The van der Waals surface area contributed by atoms with Crippen molar-refractivity contribution >= 4 is 23.5 Å². The number of nitrogens with zero attached hydrogens (tertiary/aromatic N) is 1. The zero-order chi connectivity index (χ0) is 18.1. The van der Waals surface area contributed by atoms with Crippen LogP contribution in [0.3, 0.4) is 0 Å². The first kappa shape index (κ1) is 19.3. The molecule has 2 rings (SSSR count). The van der Waals surface area contributed by atoms with Gasteiger partial charge < -0.3 is 4.90 Å². The van der Waals surface area contributed by atoms with Crippen molar-refractivity contribution in [2.75, 3.05) is 18.8 Å². The monoisotopic (exact) mass is 355 g/mol. The number of Topliss-reactive ketones (excluding diaryl/α,β-unsaturated/α-hetero) is 1. The van der Waals surface area contributed by atoms with Gasteiger partial charge in [0.1, 0.15) is 0 Å². The summed E-state index contributed by atoms with van der Waals surface area (Å²) in [5, 5.41) is 0. The van der Waals surface area contributed by atoms with E-state index in [0.717, 1.165) is 29.8 Å². The number of rotatable bonds is 9. The van der Waals surface area contributed by atoms with E-state index in [1.165, 1.54) is 11.8 Å². The molecular weight excluding hydrogens is 330 g/mol. The molecule has 0 spiro atoms. The van der Waals surface area contributed by atoms with Gasteiger partial charge in [-0.25, -0.2) is 0 Å². The van der Waals surface area contributed by atoms with E-state index in [9.17, 15) is 9.59 Å². The van der Waals surface area contributed by atoms with Crippen molar-refractivity contribution in [3.05, 3.63) is 65.7 Å². The number of benzene rings is 2. The fraction of sp³-hybridized carbons (Fsp3) is 0.333. The van der Waals surface area contributed by atoms with Crippen LogP contribution >= 0.6 is 11.8 Å². The molecule has 1 amide bonds. The smallest absolute Gasteiger partial charge is 0.253 e. The first-order valence-electron chi connectivity index (χ1n) is 8.76. The molecule has 0 saturated carbocycles. The maximum Gasteiger partial charge on any atom is 0.253 e. The lowest BCUT2D eigenvalue weighted by atomic mass is 10.2. The summed E-state index contributed by atoms with van der Waals surface area (Å²) >= 11 is 1.47. The van der Waals surface area contributed by atoms with Crippen LogP contribution < -0.4 is 0 Å². The van der Waals surface area contributed by atoms with Gasteiger partial charge in [-0.05, 0) is 31.5 Å². The highest BCUT2D eigenvalue weighted by Gasteiger charge is 2.14. The third kappa shape index (κ3) is 5.75. The van der Waals surface area contributed by atoms with Gasteiger partial charge in [0.15, 0.2) is 5.78 Å². The Bertz CT molecular complexity index is 700. The van der Waals surface area contributed by atoms with E-state index in [2.05, 4.69) is 6.92 Å². The fourth-order valence-corrected chi connectivity index (χ4v) is 3.36. The second-order valence-corrected chi connectivity index (χ2v) is 6.89. The minimum absolute atomic E-state index is 0.0628. The lowest BCUT2D eigenvalue weighted by Gasteiger charge is -2.20.